The Kier molecular flexibility index (Phi) is 29.0. The number of aliphatic imine (C=N–C) groups is 4. The molecule has 2 aromatic carbocycles. The zero-order valence-corrected chi connectivity index (χ0v) is 37.8. The number of aromatic nitrogens is 2. The van der Waals surface area contributed by atoms with Crippen molar-refractivity contribution >= 4 is 45.1 Å². The average Bonchev–Trinajstić information content (AvgIpc) is 3.22. The van der Waals surface area contributed by atoms with Crippen molar-refractivity contribution in [2.45, 2.75) is 31.0 Å². The van der Waals surface area contributed by atoms with Gasteiger partial charge in [0.2, 0.25) is 0 Å². The number of alkyl halides is 6. The standard InChI is InChI=1S/C36H40N8.C2H3N.2CHF3O3S.2Cu/c1-3-15-41-35(5-1)29-43-21-17-37-25-31-7-11-33(12-8-31)27-39-19-23-44(30-36-6-2-4-16-42-36)24-20-40-28-34-13-9-32(10-14-34)26-38-18-22-43;1-2-3;2*2-1(3,4)8(5,6)7;;/h1-16,25-28H,17-24,29-30H2;1H3;2*(H,5,6,7);;/q;;;;2*+2/p-2. The quantitative estimate of drug-likeness (QED) is 0.108. The third kappa shape index (κ3) is 26.7. The summed E-state index contributed by atoms with van der Waals surface area (Å²) in [5.74, 6) is 0. The van der Waals surface area contributed by atoms with E-state index in [0.717, 1.165) is 72.9 Å². The second-order valence-electron chi connectivity index (χ2n) is 12.7. The number of rotatable bonds is 4. The summed E-state index contributed by atoms with van der Waals surface area (Å²) in [6.07, 6.45) is 11.5. The Bertz CT molecular complexity index is 2090. The number of hydrogen-bond donors (Lipinski definition) is 0. The molecule has 65 heavy (non-hydrogen) atoms. The van der Waals surface area contributed by atoms with E-state index in [4.69, 9.17) is 51.2 Å². The number of halogens is 6. The maximum absolute atomic E-state index is 10.7. The van der Waals surface area contributed by atoms with Crippen molar-refractivity contribution in [2.75, 3.05) is 52.4 Å². The molecule has 2 aromatic heterocycles. The van der Waals surface area contributed by atoms with Crippen molar-refractivity contribution in [1.29, 1.82) is 5.26 Å². The summed E-state index contributed by atoms with van der Waals surface area (Å²) < 4.78 is 118. The molecule has 25 heteroatoms. The first-order valence-corrected chi connectivity index (χ1v) is 21.3. The smallest absolute Gasteiger partial charge is 0.741 e. The van der Waals surface area contributed by atoms with Crippen LogP contribution in [0.15, 0.2) is 117 Å². The van der Waals surface area contributed by atoms with Gasteiger partial charge in [0.25, 0.3) is 0 Å². The van der Waals surface area contributed by atoms with Gasteiger partial charge in [0, 0.05) is 83.4 Å². The zero-order valence-electron chi connectivity index (χ0n) is 34.3. The van der Waals surface area contributed by atoms with Crippen LogP contribution in [0.1, 0.15) is 40.6 Å². The Morgan fingerprint density at radius 1 is 0.538 bits per heavy atom. The summed E-state index contributed by atoms with van der Waals surface area (Å²) in [6, 6.07) is 30.6. The minimum absolute atomic E-state index is 0. The molecule has 0 saturated carbocycles. The Labute approximate surface area is 395 Å². The van der Waals surface area contributed by atoms with Crippen LogP contribution >= 0.6 is 0 Å². The van der Waals surface area contributed by atoms with Crippen molar-refractivity contribution in [3.05, 3.63) is 131 Å². The van der Waals surface area contributed by atoms with Gasteiger partial charge in [0.1, 0.15) is 0 Å². The van der Waals surface area contributed by atoms with Gasteiger partial charge in [-0.3, -0.25) is 39.7 Å². The normalized spacial score (nSPS) is 14.4. The molecule has 4 aliphatic heterocycles. The van der Waals surface area contributed by atoms with E-state index < -0.39 is 31.3 Å². The molecule has 358 valence electrons. The van der Waals surface area contributed by atoms with Gasteiger partial charge in [0.15, 0.2) is 20.2 Å². The number of nitrogens with zero attached hydrogens (tertiary/aromatic N) is 9. The molecule has 0 aliphatic carbocycles. The van der Waals surface area contributed by atoms with E-state index in [1.54, 1.807) is 6.07 Å². The van der Waals surface area contributed by atoms with Crippen LogP contribution in [0, 0.1) is 11.3 Å². The molecule has 0 atom stereocenters. The van der Waals surface area contributed by atoms with Crippen LogP contribution in [0.3, 0.4) is 0 Å². The summed E-state index contributed by atoms with van der Waals surface area (Å²) in [4.78, 5) is 32.6. The Balaban J connectivity index is 0.00000164. The van der Waals surface area contributed by atoms with Gasteiger partial charge < -0.3 is 9.11 Å². The Hall–Kier alpha value is -4.73. The van der Waals surface area contributed by atoms with E-state index in [-0.39, 0.29) is 34.1 Å². The summed E-state index contributed by atoms with van der Waals surface area (Å²) in [5.41, 5.74) is -4.86. The number of hydrogen-bond acceptors (Lipinski definition) is 15. The van der Waals surface area contributed by atoms with E-state index in [2.05, 4.69) is 80.4 Å². The molecule has 6 heterocycles. The summed E-state index contributed by atoms with van der Waals surface area (Å²) >= 11 is 0. The van der Waals surface area contributed by atoms with Crippen LogP contribution in [-0.2, 0) is 67.5 Å². The second kappa shape index (κ2) is 31.2. The van der Waals surface area contributed by atoms with Crippen LogP contribution in [0.2, 0.25) is 0 Å². The van der Waals surface area contributed by atoms with Gasteiger partial charge in [-0.05, 0) is 46.5 Å². The van der Waals surface area contributed by atoms with Crippen LogP contribution < -0.4 is 0 Å². The molecule has 0 spiro atoms. The largest absolute Gasteiger partial charge is 2.00 e. The van der Waals surface area contributed by atoms with E-state index in [1.165, 1.54) is 6.92 Å². The zero-order chi connectivity index (χ0) is 46.8. The molecular weight excluding hydrogens is 1010 g/mol. The SMILES string of the molecule is C1=NCCN(Cc2ccccn2)CCN=Cc2ccc(cc2)C=NCCN(Cc2ccccn2)CCN=Cc2ccc1cc2.CC#N.O=S(=O)([O-])C(F)(F)F.O=S(=O)([O-])C(F)(F)F.[Cu+2].[Cu+2]. The summed E-state index contributed by atoms with van der Waals surface area (Å²) in [6.45, 7) is 9.13. The fourth-order valence-corrected chi connectivity index (χ4v) is 4.79. The minimum Gasteiger partial charge on any atom is -0.741 e. The molecular formula is C40H43Cu2F6N9O6S2+2. The number of benzene rings is 2. The van der Waals surface area contributed by atoms with Gasteiger partial charge in [-0.25, -0.2) is 16.8 Å². The molecule has 0 amide bonds. The fourth-order valence-electron chi connectivity index (χ4n) is 4.79. The summed E-state index contributed by atoms with van der Waals surface area (Å²) in [7, 11) is -12.2. The molecule has 0 saturated heterocycles. The Morgan fingerprint density at radius 2 is 0.769 bits per heavy atom. The molecule has 4 aromatic rings. The predicted molar refractivity (Wildman–Crippen MR) is 225 cm³/mol. The number of pyridine rings is 2. The third-order valence-electron chi connectivity index (χ3n) is 7.81. The van der Waals surface area contributed by atoms with E-state index >= 15 is 0 Å². The maximum atomic E-state index is 10.7. The van der Waals surface area contributed by atoms with Crippen molar-refractivity contribution in [2.24, 2.45) is 20.0 Å². The first-order valence-electron chi connectivity index (χ1n) is 18.5. The first-order chi connectivity index (χ1) is 29.7. The minimum atomic E-state index is -6.09. The van der Waals surface area contributed by atoms with E-state index in [9.17, 15) is 26.3 Å². The molecule has 8 rings (SSSR count). The van der Waals surface area contributed by atoms with Crippen molar-refractivity contribution in [1.82, 2.24) is 19.8 Å². The molecule has 15 nitrogen and oxygen atoms in total. The molecule has 0 fully saturated rings. The molecule has 4 aliphatic rings. The summed E-state index contributed by atoms with van der Waals surface area (Å²) in [5, 5.41) is 7.32. The van der Waals surface area contributed by atoms with Gasteiger partial charge in [0.05, 0.1) is 43.6 Å². The van der Waals surface area contributed by atoms with Crippen molar-refractivity contribution in [3.63, 3.8) is 0 Å². The molecule has 2 radical (unpaired) electrons. The number of nitriles is 1. The molecule has 4 bridgehead atoms. The third-order valence-corrected chi connectivity index (χ3v) is 8.94. The monoisotopic (exact) mass is 1050 g/mol. The Morgan fingerprint density at radius 3 is 0.954 bits per heavy atom. The van der Waals surface area contributed by atoms with Crippen LogP contribution in [-0.4, -0.2) is 134 Å². The molecule has 0 unspecified atom stereocenters. The predicted octanol–water partition coefficient (Wildman–Crippen LogP) is 5.50. The van der Waals surface area contributed by atoms with Gasteiger partial charge in [-0.2, -0.15) is 31.6 Å². The van der Waals surface area contributed by atoms with Gasteiger partial charge in [-0.15, -0.1) is 0 Å². The maximum Gasteiger partial charge on any atom is 2.00 e. The van der Waals surface area contributed by atoms with E-state index in [1.807, 2.05) is 61.5 Å². The van der Waals surface area contributed by atoms with Gasteiger partial charge in [-0.1, -0.05) is 60.7 Å². The van der Waals surface area contributed by atoms with E-state index in [0.29, 0.717) is 26.2 Å². The molecule has 0 N–H and O–H groups in total. The van der Waals surface area contributed by atoms with Crippen LogP contribution in [0.5, 0.6) is 0 Å². The van der Waals surface area contributed by atoms with Gasteiger partial charge >= 0.3 is 45.2 Å². The van der Waals surface area contributed by atoms with Crippen molar-refractivity contribution in [3.8, 4) is 6.07 Å². The fraction of sp³-hybridized carbons (Fsp3) is 0.325. The topological polar surface area (TPSA) is 220 Å². The second-order valence-corrected chi connectivity index (χ2v) is 15.4. The van der Waals surface area contributed by atoms with Crippen LogP contribution in [0.25, 0.3) is 0 Å². The first kappa shape index (κ1) is 60.3. The average molecular weight is 1050 g/mol. The van der Waals surface area contributed by atoms with Crippen LogP contribution in [0.4, 0.5) is 26.3 Å². The van der Waals surface area contributed by atoms with Crippen molar-refractivity contribution < 1.29 is 86.4 Å².